The number of ether oxygens (including phenoxy) is 4. The van der Waals surface area contributed by atoms with Crippen LogP contribution in [0.2, 0.25) is 0 Å². The standard InChI is InChI=1S/C33H48N2O4S/c1-5-7-9-11-13-27-21-36-31(38-23(27)3)26-17-15-25(16-18-26)29-19-35-20-30(40-33(35)34-29)32-37-22-28(24(4)39-32)14-12-10-8-6-2/h15-20,23-24,27-28,31-32H,5-14,21-22H2,1-4H3/t23?,24?,27-,28-,31-,32-/m1/s1. The molecule has 220 valence electrons. The maximum Gasteiger partial charge on any atom is 0.194 e. The number of rotatable bonds is 13. The third kappa shape index (κ3) is 7.35. The molecule has 7 heteroatoms. The zero-order chi connectivity index (χ0) is 27.9. The molecule has 0 amide bonds. The van der Waals surface area contributed by atoms with Crippen molar-refractivity contribution in [2.75, 3.05) is 13.2 Å². The van der Waals surface area contributed by atoms with Gasteiger partial charge in [-0.1, -0.05) is 101 Å². The number of hydrogen-bond acceptors (Lipinski definition) is 6. The summed E-state index contributed by atoms with van der Waals surface area (Å²) in [5, 5.41) is 0. The Labute approximate surface area is 244 Å². The molecule has 0 bridgehead atoms. The van der Waals surface area contributed by atoms with Crippen LogP contribution in [-0.4, -0.2) is 34.8 Å². The summed E-state index contributed by atoms with van der Waals surface area (Å²) in [4.78, 5) is 6.93. The van der Waals surface area contributed by atoms with Crippen molar-refractivity contribution in [3.05, 3.63) is 47.1 Å². The number of nitrogens with zero attached hydrogens (tertiary/aromatic N) is 2. The SMILES string of the molecule is CCCCCC[C@@H]1CO[C@@H](c2ccc(-c3cn4cc([C@@H]5OC[C@@H](CCCCCC)C(C)O5)sc4n3)cc2)OC1C. The smallest absolute Gasteiger partial charge is 0.194 e. The fourth-order valence-corrected chi connectivity index (χ4v) is 6.83. The van der Waals surface area contributed by atoms with Crippen molar-refractivity contribution in [2.45, 2.75) is 117 Å². The van der Waals surface area contributed by atoms with Crippen LogP contribution in [0.4, 0.5) is 0 Å². The number of unbranched alkanes of at least 4 members (excludes halogenated alkanes) is 6. The summed E-state index contributed by atoms with van der Waals surface area (Å²) in [5.41, 5.74) is 3.11. The number of aromatic nitrogens is 2. The molecule has 2 unspecified atom stereocenters. The number of thiazole rings is 1. The Hall–Kier alpha value is -1.77. The van der Waals surface area contributed by atoms with Gasteiger partial charge in [-0.25, -0.2) is 4.98 Å². The Morgan fingerprint density at radius 3 is 1.95 bits per heavy atom. The quantitative estimate of drug-likeness (QED) is 0.193. The third-order valence-corrected chi connectivity index (χ3v) is 9.69. The fraction of sp³-hybridized carbons (Fsp3) is 0.667. The van der Waals surface area contributed by atoms with Crippen molar-refractivity contribution in [3.63, 3.8) is 0 Å². The predicted molar refractivity (Wildman–Crippen MR) is 161 cm³/mol. The summed E-state index contributed by atoms with van der Waals surface area (Å²) in [5.74, 6) is 0.969. The second kappa shape index (κ2) is 14.4. The Kier molecular flexibility index (Phi) is 10.7. The predicted octanol–water partition coefficient (Wildman–Crippen LogP) is 9.10. The van der Waals surface area contributed by atoms with Crippen LogP contribution < -0.4 is 0 Å². The molecule has 6 nitrogen and oxygen atoms in total. The van der Waals surface area contributed by atoms with E-state index in [1.54, 1.807) is 11.3 Å². The minimum Gasteiger partial charge on any atom is -0.348 e. The van der Waals surface area contributed by atoms with E-state index in [4.69, 9.17) is 23.9 Å². The third-order valence-electron chi connectivity index (χ3n) is 8.67. The van der Waals surface area contributed by atoms with Crippen LogP contribution in [0, 0.1) is 11.8 Å². The summed E-state index contributed by atoms with van der Waals surface area (Å²) in [6.45, 7) is 10.4. The number of benzene rings is 1. The lowest BCUT2D eigenvalue weighted by atomic mass is 9.95. The fourth-order valence-electron chi connectivity index (χ4n) is 5.88. The first-order chi connectivity index (χ1) is 19.6. The van der Waals surface area contributed by atoms with Gasteiger partial charge in [0, 0.05) is 35.4 Å². The van der Waals surface area contributed by atoms with Gasteiger partial charge in [0.1, 0.15) is 0 Å². The molecule has 2 aliphatic rings. The highest BCUT2D eigenvalue weighted by atomic mass is 32.1. The van der Waals surface area contributed by atoms with Crippen molar-refractivity contribution in [2.24, 2.45) is 11.8 Å². The van der Waals surface area contributed by atoms with Gasteiger partial charge in [0.25, 0.3) is 0 Å². The van der Waals surface area contributed by atoms with Gasteiger partial charge in [-0.3, -0.25) is 4.40 Å². The van der Waals surface area contributed by atoms with Crippen LogP contribution in [0.1, 0.15) is 115 Å². The van der Waals surface area contributed by atoms with Crippen molar-refractivity contribution < 1.29 is 18.9 Å². The van der Waals surface area contributed by atoms with E-state index in [0.717, 1.165) is 39.9 Å². The maximum atomic E-state index is 6.29. The molecule has 4 heterocycles. The van der Waals surface area contributed by atoms with Gasteiger partial charge in [0.15, 0.2) is 17.5 Å². The zero-order valence-electron chi connectivity index (χ0n) is 24.8. The topological polar surface area (TPSA) is 54.2 Å². The molecule has 0 aliphatic carbocycles. The lowest BCUT2D eigenvalue weighted by Gasteiger charge is -2.35. The van der Waals surface area contributed by atoms with Crippen molar-refractivity contribution >= 4 is 16.3 Å². The first kappa shape index (κ1) is 29.7. The van der Waals surface area contributed by atoms with Gasteiger partial charge in [0.2, 0.25) is 0 Å². The maximum absolute atomic E-state index is 6.29. The largest absolute Gasteiger partial charge is 0.348 e. The molecule has 2 aromatic heterocycles. The summed E-state index contributed by atoms with van der Waals surface area (Å²) < 4.78 is 26.9. The summed E-state index contributed by atoms with van der Waals surface area (Å²) in [6, 6.07) is 8.45. The van der Waals surface area contributed by atoms with Gasteiger partial charge in [-0.2, -0.15) is 0 Å². The molecule has 0 spiro atoms. The molecule has 40 heavy (non-hydrogen) atoms. The Balaban J connectivity index is 1.14. The molecule has 2 aliphatic heterocycles. The Morgan fingerprint density at radius 2 is 1.38 bits per heavy atom. The molecule has 5 rings (SSSR count). The van der Waals surface area contributed by atoms with E-state index in [1.165, 1.54) is 64.2 Å². The summed E-state index contributed by atoms with van der Waals surface area (Å²) in [7, 11) is 0. The number of hydrogen-bond donors (Lipinski definition) is 0. The van der Waals surface area contributed by atoms with Gasteiger partial charge < -0.3 is 18.9 Å². The molecule has 3 aromatic rings. The van der Waals surface area contributed by atoms with Crippen LogP contribution in [0.15, 0.2) is 36.7 Å². The minimum absolute atomic E-state index is 0.209. The Bertz CT molecular complexity index is 1140. The number of fused-ring (bicyclic) bond motifs is 1. The molecule has 0 N–H and O–H groups in total. The van der Waals surface area contributed by atoms with Crippen LogP contribution in [0.3, 0.4) is 0 Å². The minimum atomic E-state index is -0.301. The van der Waals surface area contributed by atoms with Crippen LogP contribution in [0.25, 0.3) is 16.2 Å². The van der Waals surface area contributed by atoms with E-state index in [-0.39, 0.29) is 24.8 Å². The van der Waals surface area contributed by atoms with Crippen LogP contribution >= 0.6 is 11.3 Å². The molecule has 0 radical (unpaired) electrons. The Morgan fingerprint density at radius 1 is 0.775 bits per heavy atom. The molecule has 1 aromatic carbocycles. The lowest BCUT2D eigenvalue weighted by molar-refractivity contribution is -0.237. The summed E-state index contributed by atoms with van der Waals surface area (Å²) >= 11 is 1.64. The molecular weight excluding hydrogens is 520 g/mol. The van der Waals surface area contributed by atoms with E-state index in [2.05, 4.69) is 68.8 Å². The van der Waals surface area contributed by atoms with Crippen molar-refractivity contribution in [1.29, 1.82) is 0 Å². The highest BCUT2D eigenvalue weighted by molar-refractivity contribution is 7.17. The van der Waals surface area contributed by atoms with E-state index >= 15 is 0 Å². The molecule has 2 fully saturated rings. The van der Waals surface area contributed by atoms with Crippen molar-refractivity contribution in [3.8, 4) is 11.3 Å². The normalized spacial score (nSPS) is 27.4. The van der Waals surface area contributed by atoms with Crippen LogP contribution in [0.5, 0.6) is 0 Å². The first-order valence-corrected chi connectivity index (χ1v) is 16.5. The lowest BCUT2D eigenvalue weighted by Crippen LogP contribution is -2.34. The van der Waals surface area contributed by atoms with Gasteiger partial charge in [0.05, 0.1) is 36.0 Å². The molecular formula is C33H48N2O4S. The average Bonchev–Trinajstić information content (AvgIpc) is 3.55. The van der Waals surface area contributed by atoms with E-state index in [0.29, 0.717) is 11.8 Å². The summed E-state index contributed by atoms with van der Waals surface area (Å²) in [6.07, 6.45) is 16.7. The van der Waals surface area contributed by atoms with E-state index in [9.17, 15) is 0 Å². The highest BCUT2D eigenvalue weighted by Gasteiger charge is 2.31. The molecule has 6 atom stereocenters. The van der Waals surface area contributed by atoms with Gasteiger partial charge in [-0.05, 0) is 26.7 Å². The highest BCUT2D eigenvalue weighted by Crippen LogP contribution is 2.36. The van der Waals surface area contributed by atoms with E-state index < -0.39 is 0 Å². The van der Waals surface area contributed by atoms with Crippen molar-refractivity contribution in [1.82, 2.24) is 9.38 Å². The molecule has 0 saturated carbocycles. The zero-order valence-corrected chi connectivity index (χ0v) is 25.7. The first-order valence-electron chi connectivity index (χ1n) is 15.7. The second-order valence-electron chi connectivity index (χ2n) is 11.8. The van der Waals surface area contributed by atoms with Crippen LogP contribution in [-0.2, 0) is 18.9 Å². The second-order valence-corrected chi connectivity index (χ2v) is 12.8. The monoisotopic (exact) mass is 568 g/mol. The number of imidazole rings is 1. The molecule has 2 saturated heterocycles. The van der Waals surface area contributed by atoms with Gasteiger partial charge in [-0.15, -0.1) is 0 Å². The van der Waals surface area contributed by atoms with Gasteiger partial charge >= 0.3 is 0 Å². The van der Waals surface area contributed by atoms with E-state index in [1.807, 2.05) is 0 Å². The average molecular weight is 569 g/mol.